The zero-order valence-electron chi connectivity index (χ0n) is 9.08. The molecule has 1 N–H and O–H groups in total. The van der Waals surface area contributed by atoms with Gasteiger partial charge in [-0.2, -0.15) is 5.10 Å². The van der Waals surface area contributed by atoms with E-state index in [-0.39, 0.29) is 17.8 Å². The Hall–Kier alpha value is -1.39. The van der Waals surface area contributed by atoms with Crippen LogP contribution in [0.5, 0.6) is 0 Å². The molecule has 1 aliphatic carbocycles. The van der Waals surface area contributed by atoms with Crippen LogP contribution in [0.25, 0.3) is 0 Å². The molecule has 0 unspecified atom stereocenters. The summed E-state index contributed by atoms with van der Waals surface area (Å²) in [5.41, 5.74) is 3.08. The first kappa shape index (κ1) is 11.7. The van der Waals surface area contributed by atoms with Gasteiger partial charge in [-0.25, -0.2) is 5.43 Å². The molecule has 1 amide bonds. The summed E-state index contributed by atoms with van der Waals surface area (Å²) in [5, 5.41) is 3.92. The normalized spacial score (nSPS) is 22.8. The summed E-state index contributed by atoms with van der Waals surface area (Å²) in [6, 6.07) is 0. The Labute approximate surface area is 88.9 Å². The maximum Gasteiger partial charge on any atom is 0.314 e. The third kappa shape index (κ3) is 3.34. The Bertz CT molecular complexity index is 286. The first-order valence-electron chi connectivity index (χ1n) is 5.14. The molecular formula is C10H16N2O3. The van der Waals surface area contributed by atoms with E-state index in [4.69, 9.17) is 4.74 Å². The SMILES string of the molecule is CCOC(=O)[C@H]1CCC/C1=N/NC(C)=O. The molecule has 0 bridgehead atoms. The predicted octanol–water partition coefficient (Wildman–Crippen LogP) is 0.842. The molecule has 0 heterocycles. The van der Waals surface area contributed by atoms with Gasteiger partial charge in [-0.3, -0.25) is 9.59 Å². The second-order valence-corrected chi connectivity index (χ2v) is 3.47. The highest BCUT2D eigenvalue weighted by atomic mass is 16.5. The number of carbonyl (C=O) groups excluding carboxylic acids is 2. The summed E-state index contributed by atoms with van der Waals surface area (Å²) < 4.78 is 4.93. The van der Waals surface area contributed by atoms with Crippen molar-refractivity contribution in [2.24, 2.45) is 11.0 Å². The van der Waals surface area contributed by atoms with Crippen LogP contribution in [0.2, 0.25) is 0 Å². The van der Waals surface area contributed by atoms with Gasteiger partial charge in [0.15, 0.2) is 0 Å². The van der Waals surface area contributed by atoms with Crippen molar-refractivity contribution < 1.29 is 14.3 Å². The molecule has 1 aliphatic rings. The van der Waals surface area contributed by atoms with Gasteiger partial charge in [0.1, 0.15) is 0 Å². The lowest BCUT2D eigenvalue weighted by molar-refractivity contribution is -0.145. The van der Waals surface area contributed by atoms with Crippen LogP contribution in [0.4, 0.5) is 0 Å². The Morgan fingerprint density at radius 3 is 2.93 bits per heavy atom. The topological polar surface area (TPSA) is 67.8 Å². The molecule has 0 aromatic carbocycles. The van der Waals surface area contributed by atoms with Crippen molar-refractivity contribution in [1.29, 1.82) is 0 Å². The van der Waals surface area contributed by atoms with Gasteiger partial charge in [0.2, 0.25) is 5.91 Å². The van der Waals surface area contributed by atoms with E-state index in [1.54, 1.807) is 6.92 Å². The number of amides is 1. The molecule has 1 fully saturated rings. The molecule has 0 aromatic rings. The summed E-state index contributed by atoms with van der Waals surface area (Å²) in [5.74, 6) is -0.729. The number of rotatable bonds is 3. The van der Waals surface area contributed by atoms with Crippen molar-refractivity contribution in [3.8, 4) is 0 Å². The van der Waals surface area contributed by atoms with Gasteiger partial charge >= 0.3 is 5.97 Å². The molecule has 1 atom stereocenters. The molecule has 5 heteroatoms. The van der Waals surface area contributed by atoms with E-state index < -0.39 is 0 Å². The molecule has 15 heavy (non-hydrogen) atoms. The minimum absolute atomic E-state index is 0.225. The minimum atomic E-state index is -0.267. The van der Waals surface area contributed by atoms with Crippen molar-refractivity contribution >= 4 is 17.6 Å². The van der Waals surface area contributed by atoms with Crippen molar-refractivity contribution in [1.82, 2.24) is 5.43 Å². The Kier molecular flexibility index (Phi) is 4.27. The number of hydrogen-bond donors (Lipinski definition) is 1. The summed E-state index contributed by atoms with van der Waals surface area (Å²) in [6.45, 7) is 3.54. The molecule has 0 aromatic heterocycles. The van der Waals surface area contributed by atoms with Crippen LogP contribution in [0, 0.1) is 5.92 Å². The first-order chi connectivity index (χ1) is 7.15. The van der Waals surface area contributed by atoms with Crippen LogP contribution in [0.15, 0.2) is 5.10 Å². The van der Waals surface area contributed by atoms with Crippen molar-refractivity contribution in [2.75, 3.05) is 6.61 Å². The van der Waals surface area contributed by atoms with E-state index in [1.807, 2.05) is 0 Å². The van der Waals surface area contributed by atoms with Crippen molar-refractivity contribution in [3.63, 3.8) is 0 Å². The second-order valence-electron chi connectivity index (χ2n) is 3.47. The van der Waals surface area contributed by atoms with E-state index in [9.17, 15) is 9.59 Å². The van der Waals surface area contributed by atoms with Crippen LogP contribution in [-0.4, -0.2) is 24.2 Å². The van der Waals surface area contributed by atoms with Gasteiger partial charge in [-0.05, 0) is 26.2 Å². The number of ether oxygens (including phenoxy) is 1. The number of carbonyl (C=O) groups is 2. The van der Waals surface area contributed by atoms with Crippen LogP contribution in [0.1, 0.15) is 33.1 Å². The quantitative estimate of drug-likeness (QED) is 0.557. The summed E-state index contributed by atoms with van der Waals surface area (Å²) in [6.07, 6.45) is 2.43. The standard InChI is InChI=1S/C10H16N2O3/c1-3-15-10(14)8-5-4-6-9(8)12-11-7(2)13/h8H,3-6H2,1-2H3,(H,11,13)/b12-9-/t8-/m0/s1. The molecule has 1 rings (SSSR count). The smallest absolute Gasteiger partial charge is 0.314 e. The molecule has 84 valence electrons. The third-order valence-corrected chi connectivity index (χ3v) is 2.26. The van der Waals surface area contributed by atoms with Gasteiger partial charge in [0.05, 0.1) is 18.2 Å². The summed E-state index contributed by atoms with van der Waals surface area (Å²) in [4.78, 5) is 22.2. The summed E-state index contributed by atoms with van der Waals surface area (Å²) >= 11 is 0. The fraction of sp³-hybridized carbons (Fsp3) is 0.700. The minimum Gasteiger partial charge on any atom is -0.465 e. The molecule has 1 saturated carbocycles. The Morgan fingerprint density at radius 1 is 1.60 bits per heavy atom. The number of hydrogen-bond acceptors (Lipinski definition) is 4. The van der Waals surface area contributed by atoms with Gasteiger partial charge in [0.25, 0.3) is 0 Å². The molecule has 0 aliphatic heterocycles. The second kappa shape index (κ2) is 5.48. The van der Waals surface area contributed by atoms with E-state index >= 15 is 0 Å². The number of nitrogens with zero attached hydrogens (tertiary/aromatic N) is 1. The highest BCUT2D eigenvalue weighted by molar-refractivity contribution is 6.03. The van der Waals surface area contributed by atoms with E-state index in [1.165, 1.54) is 6.92 Å². The lowest BCUT2D eigenvalue weighted by atomic mass is 10.1. The maximum atomic E-state index is 11.5. The average Bonchev–Trinajstić information content (AvgIpc) is 2.62. The van der Waals surface area contributed by atoms with Crippen LogP contribution >= 0.6 is 0 Å². The lowest BCUT2D eigenvalue weighted by Gasteiger charge is -2.09. The molecular weight excluding hydrogens is 196 g/mol. The lowest BCUT2D eigenvalue weighted by Crippen LogP contribution is -2.24. The maximum absolute atomic E-state index is 11.5. The van der Waals surface area contributed by atoms with Crippen LogP contribution in [-0.2, 0) is 14.3 Å². The number of esters is 1. The highest BCUT2D eigenvalue weighted by Crippen LogP contribution is 2.23. The predicted molar refractivity (Wildman–Crippen MR) is 55.2 cm³/mol. The fourth-order valence-corrected chi connectivity index (χ4v) is 1.61. The highest BCUT2D eigenvalue weighted by Gasteiger charge is 2.30. The molecule has 0 saturated heterocycles. The number of nitrogens with one attached hydrogen (secondary N) is 1. The Balaban J connectivity index is 2.60. The van der Waals surface area contributed by atoms with Gasteiger partial charge in [-0.15, -0.1) is 0 Å². The van der Waals surface area contributed by atoms with Gasteiger partial charge < -0.3 is 4.74 Å². The third-order valence-electron chi connectivity index (χ3n) is 2.26. The van der Waals surface area contributed by atoms with Crippen LogP contribution < -0.4 is 5.43 Å². The average molecular weight is 212 g/mol. The van der Waals surface area contributed by atoms with Gasteiger partial charge in [-0.1, -0.05) is 0 Å². The first-order valence-corrected chi connectivity index (χ1v) is 5.14. The largest absolute Gasteiger partial charge is 0.465 e. The van der Waals surface area contributed by atoms with E-state index in [2.05, 4.69) is 10.5 Å². The van der Waals surface area contributed by atoms with Crippen LogP contribution in [0.3, 0.4) is 0 Å². The summed E-state index contributed by atoms with van der Waals surface area (Å²) in [7, 11) is 0. The Morgan fingerprint density at radius 2 is 2.33 bits per heavy atom. The van der Waals surface area contributed by atoms with Crippen molar-refractivity contribution in [3.05, 3.63) is 0 Å². The molecule has 5 nitrogen and oxygen atoms in total. The number of hydrazone groups is 1. The zero-order chi connectivity index (χ0) is 11.3. The van der Waals surface area contributed by atoms with Gasteiger partial charge in [0, 0.05) is 6.92 Å². The fourth-order valence-electron chi connectivity index (χ4n) is 1.61. The zero-order valence-corrected chi connectivity index (χ0v) is 9.08. The monoisotopic (exact) mass is 212 g/mol. The molecule has 0 spiro atoms. The van der Waals surface area contributed by atoms with E-state index in [0.29, 0.717) is 6.61 Å². The van der Waals surface area contributed by atoms with Crippen molar-refractivity contribution in [2.45, 2.75) is 33.1 Å². The van der Waals surface area contributed by atoms with E-state index in [0.717, 1.165) is 25.0 Å². The molecule has 0 radical (unpaired) electrons.